The van der Waals surface area contributed by atoms with Crippen LogP contribution in [0.2, 0.25) is 0 Å². The fourth-order valence-electron chi connectivity index (χ4n) is 2.27. The number of rotatable bonds is 4. The van der Waals surface area contributed by atoms with E-state index in [0.717, 1.165) is 38.4 Å². The molecule has 6 heteroatoms. The fraction of sp³-hybridized carbons (Fsp3) is 0.867. The molecular weight excluding hydrogens is 379 g/mol. The number of nitrogens with one attached hydrogen (secondary N) is 2. The Morgan fingerprint density at radius 2 is 2.05 bits per heavy atom. The summed E-state index contributed by atoms with van der Waals surface area (Å²) in [6.45, 7) is 11.2. The molecule has 5 nitrogen and oxygen atoms in total. The maximum atomic E-state index is 11.6. The number of aliphatic imine (C=N–C) groups is 1. The van der Waals surface area contributed by atoms with Gasteiger partial charge < -0.3 is 15.5 Å². The summed E-state index contributed by atoms with van der Waals surface area (Å²) >= 11 is 0. The molecule has 21 heavy (non-hydrogen) atoms. The molecule has 0 radical (unpaired) electrons. The molecule has 0 saturated carbocycles. The van der Waals surface area contributed by atoms with Crippen LogP contribution in [0.1, 0.15) is 47.0 Å². The van der Waals surface area contributed by atoms with Gasteiger partial charge in [-0.05, 0) is 18.3 Å². The number of likely N-dealkylation sites (tertiary alicyclic amines) is 1. The molecule has 124 valence electrons. The summed E-state index contributed by atoms with van der Waals surface area (Å²) in [6.07, 6.45) is 2.68. The first kappa shape index (κ1) is 20.5. The van der Waals surface area contributed by atoms with Crippen molar-refractivity contribution in [1.29, 1.82) is 0 Å². The lowest BCUT2D eigenvalue weighted by atomic mass is 9.92. The average Bonchev–Trinajstić information content (AvgIpc) is 2.83. The molecule has 1 aliphatic rings. The molecule has 1 heterocycles. The van der Waals surface area contributed by atoms with Gasteiger partial charge in [-0.1, -0.05) is 27.7 Å². The third-order valence-electron chi connectivity index (χ3n) is 3.58. The SMILES string of the molecule is CCC(=O)N1CCC(NC(=NC)NCCC(C)(C)C)C1.I. The Balaban J connectivity index is 0.00000400. The Labute approximate surface area is 146 Å². The van der Waals surface area contributed by atoms with Crippen LogP contribution in [0.3, 0.4) is 0 Å². The van der Waals surface area contributed by atoms with Crippen LogP contribution in [0.15, 0.2) is 4.99 Å². The summed E-state index contributed by atoms with van der Waals surface area (Å²) in [6, 6.07) is 0.311. The highest BCUT2D eigenvalue weighted by Crippen LogP contribution is 2.17. The first-order valence-electron chi connectivity index (χ1n) is 7.60. The number of hydrogen-bond acceptors (Lipinski definition) is 2. The molecule has 0 aromatic carbocycles. The van der Waals surface area contributed by atoms with Crippen LogP contribution in [0.25, 0.3) is 0 Å². The second-order valence-electron chi connectivity index (χ2n) is 6.63. The first-order valence-corrected chi connectivity index (χ1v) is 7.60. The van der Waals surface area contributed by atoms with E-state index in [2.05, 4.69) is 36.4 Å². The van der Waals surface area contributed by atoms with Gasteiger partial charge in [0.25, 0.3) is 0 Å². The summed E-state index contributed by atoms with van der Waals surface area (Å²) < 4.78 is 0. The van der Waals surface area contributed by atoms with Crippen LogP contribution in [-0.4, -0.2) is 49.5 Å². The second kappa shape index (κ2) is 9.48. The highest BCUT2D eigenvalue weighted by Gasteiger charge is 2.25. The lowest BCUT2D eigenvalue weighted by molar-refractivity contribution is -0.129. The minimum atomic E-state index is 0. The minimum absolute atomic E-state index is 0. The average molecular weight is 410 g/mol. The van der Waals surface area contributed by atoms with Crippen molar-refractivity contribution in [2.45, 2.75) is 53.0 Å². The molecule has 0 aromatic heterocycles. The Morgan fingerprint density at radius 3 is 2.57 bits per heavy atom. The molecule has 1 atom stereocenters. The summed E-state index contributed by atoms with van der Waals surface area (Å²) in [4.78, 5) is 17.8. The highest BCUT2D eigenvalue weighted by atomic mass is 127. The number of carbonyl (C=O) groups excluding carboxylic acids is 1. The van der Waals surface area contributed by atoms with Crippen LogP contribution in [0, 0.1) is 5.41 Å². The Kier molecular flexibility index (Phi) is 9.24. The smallest absolute Gasteiger partial charge is 0.222 e. The molecular formula is C15H31IN4O. The van der Waals surface area contributed by atoms with Crippen molar-refractivity contribution in [3.05, 3.63) is 0 Å². The molecule has 1 rings (SSSR count). The second-order valence-corrected chi connectivity index (χ2v) is 6.63. The number of halogens is 1. The van der Waals surface area contributed by atoms with Gasteiger partial charge in [-0.15, -0.1) is 24.0 Å². The van der Waals surface area contributed by atoms with Crippen molar-refractivity contribution in [2.24, 2.45) is 10.4 Å². The van der Waals surface area contributed by atoms with Gasteiger partial charge in [-0.25, -0.2) is 0 Å². The van der Waals surface area contributed by atoms with Gasteiger partial charge in [0, 0.05) is 39.1 Å². The first-order chi connectivity index (χ1) is 9.35. The summed E-state index contributed by atoms with van der Waals surface area (Å²) in [5.41, 5.74) is 0.323. The molecule has 1 aliphatic heterocycles. The third-order valence-corrected chi connectivity index (χ3v) is 3.58. The Bertz CT molecular complexity index is 352. The summed E-state index contributed by atoms with van der Waals surface area (Å²) in [7, 11) is 1.79. The van der Waals surface area contributed by atoms with Crippen molar-refractivity contribution in [3.8, 4) is 0 Å². The van der Waals surface area contributed by atoms with Crippen molar-refractivity contribution in [1.82, 2.24) is 15.5 Å². The molecule has 0 bridgehead atoms. The van der Waals surface area contributed by atoms with E-state index in [1.54, 1.807) is 7.05 Å². The van der Waals surface area contributed by atoms with Crippen LogP contribution < -0.4 is 10.6 Å². The van der Waals surface area contributed by atoms with Gasteiger partial charge in [0.2, 0.25) is 5.91 Å². The number of carbonyl (C=O) groups is 1. The zero-order valence-corrected chi connectivity index (χ0v) is 16.4. The predicted molar refractivity (Wildman–Crippen MR) is 99.3 cm³/mol. The van der Waals surface area contributed by atoms with E-state index in [-0.39, 0.29) is 29.9 Å². The Morgan fingerprint density at radius 1 is 1.38 bits per heavy atom. The van der Waals surface area contributed by atoms with Gasteiger partial charge in [0.15, 0.2) is 5.96 Å². The van der Waals surface area contributed by atoms with E-state index < -0.39 is 0 Å². The topological polar surface area (TPSA) is 56.7 Å². The molecule has 0 aromatic rings. The summed E-state index contributed by atoms with van der Waals surface area (Å²) in [5.74, 6) is 1.08. The third kappa shape index (κ3) is 7.87. The lowest BCUT2D eigenvalue weighted by Crippen LogP contribution is -2.45. The van der Waals surface area contributed by atoms with Gasteiger partial charge in [-0.2, -0.15) is 0 Å². The van der Waals surface area contributed by atoms with Gasteiger partial charge in [0.1, 0.15) is 0 Å². The van der Waals surface area contributed by atoms with Crippen LogP contribution in [0.5, 0.6) is 0 Å². The van der Waals surface area contributed by atoms with E-state index in [1.165, 1.54) is 0 Å². The standard InChI is InChI=1S/C15H30N4O.HI/c1-6-13(20)19-10-7-12(11-19)18-14(16-5)17-9-8-15(2,3)4;/h12H,6-11H2,1-5H3,(H2,16,17,18);1H. The minimum Gasteiger partial charge on any atom is -0.356 e. The number of amides is 1. The van der Waals surface area contributed by atoms with Crippen LogP contribution in [-0.2, 0) is 4.79 Å². The van der Waals surface area contributed by atoms with E-state index >= 15 is 0 Å². The quantitative estimate of drug-likeness (QED) is 0.425. The van der Waals surface area contributed by atoms with Crippen molar-refractivity contribution >= 4 is 35.8 Å². The monoisotopic (exact) mass is 410 g/mol. The number of guanidine groups is 1. The Hall–Kier alpha value is -0.530. The number of hydrogen-bond donors (Lipinski definition) is 2. The predicted octanol–water partition coefficient (Wildman–Crippen LogP) is 2.22. The molecule has 0 aliphatic carbocycles. The lowest BCUT2D eigenvalue weighted by Gasteiger charge is -2.21. The molecule has 1 saturated heterocycles. The van der Waals surface area contributed by atoms with Crippen molar-refractivity contribution < 1.29 is 4.79 Å². The van der Waals surface area contributed by atoms with Crippen molar-refractivity contribution in [3.63, 3.8) is 0 Å². The maximum absolute atomic E-state index is 11.6. The van der Waals surface area contributed by atoms with Crippen molar-refractivity contribution in [2.75, 3.05) is 26.7 Å². The normalized spacial score (nSPS) is 19.2. The zero-order chi connectivity index (χ0) is 15.2. The van der Waals surface area contributed by atoms with Gasteiger partial charge in [0.05, 0.1) is 0 Å². The zero-order valence-electron chi connectivity index (χ0n) is 14.0. The molecule has 2 N–H and O–H groups in total. The van der Waals surface area contributed by atoms with E-state index in [0.29, 0.717) is 17.9 Å². The molecule has 1 amide bonds. The van der Waals surface area contributed by atoms with Crippen LogP contribution >= 0.6 is 24.0 Å². The van der Waals surface area contributed by atoms with Gasteiger partial charge >= 0.3 is 0 Å². The van der Waals surface area contributed by atoms with Crippen LogP contribution in [0.4, 0.5) is 0 Å². The van der Waals surface area contributed by atoms with Gasteiger partial charge in [-0.3, -0.25) is 9.79 Å². The highest BCUT2D eigenvalue weighted by molar-refractivity contribution is 14.0. The van der Waals surface area contributed by atoms with E-state index in [4.69, 9.17) is 0 Å². The van der Waals surface area contributed by atoms with E-state index in [1.807, 2.05) is 11.8 Å². The summed E-state index contributed by atoms with van der Waals surface area (Å²) in [5, 5.41) is 6.75. The molecule has 1 unspecified atom stereocenters. The fourth-order valence-corrected chi connectivity index (χ4v) is 2.27. The van der Waals surface area contributed by atoms with E-state index in [9.17, 15) is 4.79 Å². The maximum Gasteiger partial charge on any atom is 0.222 e. The molecule has 1 fully saturated rings. The largest absolute Gasteiger partial charge is 0.356 e. The number of nitrogens with zero attached hydrogens (tertiary/aromatic N) is 2. The molecule has 0 spiro atoms.